The van der Waals surface area contributed by atoms with Crippen LogP contribution in [0.15, 0.2) is 24.3 Å². The molecule has 20 heavy (non-hydrogen) atoms. The molecular weight excluding hydrogens is 272 g/mol. The van der Waals surface area contributed by atoms with E-state index < -0.39 is 6.10 Å². The van der Waals surface area contributed by atoms with Crippen LogP contribution in [-0.4, -0.2) is 14.9 Å². The number of halogens is 1. The van der Waals surface area contributed by atoms with E-state index in [0.29, 0.717) is 11.4 Å². The van der Waals surface area contributed by atoms with Gasteiger partial charge in [-0.25, -0.2) is 0 Å². The lowest BCUT2D eigenvalue weighted by atomic mass is 10.0. The minimum absolute atomic E-state index is 0.531. The zero-order valence-corrected chi connectivity index (χ0v) is 13.0. The molecule has 4 heteroatoms. The lowest BCUT2D eigenvalue weighted by Gasteiger charge is -2.14. The lowest BCUT2D eigenvalue weighted by Crippen LogP contribution is -2.09. The summed E-state index contributed by atoms with van der Waals surface area (Å²) >= 11 is 6.21. The average Bonchev–Trinajstić information content (AvgIpc) is 2.80. The second-order valence-electron chi connectivity index (χ2n) is 5.04. The van der Waals surface area contributed by atoms with Gasteiger partial charge in [0, 0.05) is 23.7 Å². The van der Waals surface area contributed by atoms with Crippen molar-refractivity contribution >= 4 is 11.6 Å². The monoisotopic (exact) mass is 292 g/mol. The summed E-state index contributed by atoms with van der Waals surface area (Å²) in [4.78, 5) is 0. The second-order valence-corrected chi connectivity index (χ2v) is 5.45. The molecule has 1 heterocycles. The van der Waals surface area contributed by atoms with E-state index >= 15 is 0 Å². The Morgan fingerprint density at radius 3 is 2.65 bits per heavy atom. The molecule has 0 fully saturated rings. The van der Waals surface area contributed by atoms with Gasteiger partial charge in [-0.15, -0.1) is 0 Å². The highest BCUT2D eigenvalue weighted by Gasteiger charge is 2.15. The van der Waals surface area contributed by atoms with Crippen LogP contribution in [0.5, 0.6) is 0 Å². The van der Waals surface area contributed by atoms with Crippen LogP contribution in [0, 0.1) is 6.92 Å². The Labute approximate surface area is 125 Å². The van der Waals surface area contributed by atoms with E-state index in [-0.39, 0.29) is 0 Å². The number of nitrogens with zero attached hydrogens (tertiary/aromatic N) is 2. The molecule has 0 radical (unpaired) electrons. The molecule has 2 rings (SSSR count). The van der Waals surface area contributed by atoms with Crippen molar-refractivity contribution in [2.24, 2.45) is 0 Å². The Kier molecular flexibility index (Phi) is 4.84. The molecule has 1 N–H and O–H groups in total. The van der Waals surface area contributed by atoms with Gasteiger partial charge in [0.15, 0.2) is 0 Å². The minimum atomic E-state index is -0.602. The molecule has 0 amide bonds. The third kappa shape index (κ3) is 3.22. The standard InChI is InChI=1S/C16H21ClN2O/c1-4-12-9-13(19(5-2)18-12)10-16(20)14-7-6-11(3)8-15(14)17/h6-9,16,20H,4-5,10H2,1-3H3. The Bertz CT molecular complexity index is 592. The SMILES string of the molecule is CCc1cc(CC(O)c2ccc(C)cc2Cl)n(CC)n1. The van der Waals surface area contributed by atoms with E-state index in [0.717, 1.165) is 35.5 Å². The molecule has 0 bridgehead atoms. The average molecular weight is 293 g/mol. The zero-order chi connectivity index (χ0) is 14.7. The first-order valence-electron chi connectivity index (χ1n) is 7.04. The fourth-order valence-electron chi connectivity index (χ4n) is 2.34. The van der Waals surface area contributed by atoms with Crippen molar-refractivity contribution in [2.45, 2.75) is 46.3 Å². The summed E-state index contributed by atoms with van der Waals surface area (Å²) < 4.78 is 1.95. The molecule has 3 nitrogen and oxygen atoms in total. The van der Waals surface area contributed by atoms with Gasteiger partial charge in [-0.05, 0) is 43.5 Å². The van der Waals surface area contributed by atoms with Crippen LogP contribution in [-0.2, 0) is 19.4 Å². The van der Waals surface area contributed by atoms with E-state index in [1.165, 1.54) is 0 Å². The number of benzene rings is 1. The maximum absolute atomic E-state index is 10.4. The molecule has 1 aromatic heterocycles. The molecule has 0 spiro atoms. The number of aryl methyl sites for hydroxylation is 3. The maximum Gasteiger partial charge on any atom is 0.0859 e. The van der Waals surface area contributed by atoms with Gasteiger partial charge in [-0.3, -0.25) is 4.68 Å². The van der Waals surface area contributed by atoms with Gasteiger partial charge < -0.3 is 5.11 Å². The van der Waals surface area contributed by atoms with Crippen LogP contribution < -0.4 is 0 Å². The smallest absolute Gasteiger partial charge is 0.0859 e. The Morgan fingerprint density at radius 1 is 1.30 bits per heavy atom. The Morgan fingerprint density at radius 2 is 2.05 bits per heavy atom. The van der Waals surface area contributed by atoms with Crippen LogP contribution in [0.2, 0.25) is 5.02 Å². The van der Waals surface area contributed by atoms with Crippen LogP contribution in [0.1, 0.15) is 42.5 Å². The van der Waals surface area contributed by atoms with Gasteiger partial charge in [0.25, 0.3) is 0 Å². The van der Waals surface area contributed by atoms with Gasteiger partial charge in [0.1, 0.15) is 0 Å². The minimum Gasteiger partial charge on any atom is -0.388 e. The van der Waals surface area contributed by atoms with E-state index in [1.807, 2.05) is 29.8 Å². The molecule has 0 aliphatic carbocycles. The molecule has 108 valence electrons. The summed E-state index contributed by atoms with van der Waals surface area (Å²) in [5.74, 6) is 0. The quantitative estimate of drug-likeness (QED) is 0.912. The fraction of sp³-hybridized carbons (Fsp3) is 0.438. The van der Waals surface area contributed by atoms with Crippen LogP contribution in [0.25, 0.3) is 0 Å². The summed E-state index contributed by atoms with van der Waals surface area (Å²) in [5.41, 5.74) is 3.98. The van der Waals surface area contributed by atoms with Gasteiger partial charge in [0.2, 0.25) is 0 Å². The number of aliphatic hydroxyl groups excluding tert-OH is 1. The van der Waals surface area contributed by atoms with Crippen molar-refractivity contribution in [3.8, 4) is 0 Å². The van der Waals surface area contributed by atoms with Gasteiger partial charge in [0.05, 0.1) is 11.8 Å². The van der Waals surface area contributed by atoms with E-state index in [4.69, 9.17) is 11.6 Å². The first kappa shape index (κ1) is 15.1. The predicted octanol–water partition coefficient (Wildman–Crippen LogP) is 3.70. The van der Waals surface area contributed by atoms with E-state index in [9.17, 15) is 5.11 Å². The first-order chi connectivity index (χ1) is 9.55. The summed E-state index contributed by atoms with van der Waals surface area (Å²) in [6.07, 6.45) is 0.833. The van der Waals surface area contributed by atoms with Gasteiger partial charge in [-0.2, -0.15) is 5.10 Å². The highest BCUT2D eigenvalue weighted by atomic mass is 35.5. The normalized spacial score (nSPS) is 12.7. The van der Waals surface area contributed by atoms with Crippen molar-refractivity contribution in [1.82, 2.24) is 9.78 Å². The van der Waals surface area contributed by atoms with Crippen molar-refractivity contribution in [3.05, 3.63) is 51.8 Å². The van der Waals surface area contributed by atoms with Crippen molar-refractivity contribution in [1.29, 1.82) is 0 Å². The van der Waals surface area contributed by atoms with Gasteiger partial charge >= 0.3 is 0 Å². The summed E-state index contributed by atoms with van der Waals surface area (Å²) in [5, 5.41) is 15.5. The van der Waals surface area contributed by atoms with Crippen molar-refractivity contribution < 1.29 is 5.11 Å². The summed E-state index contributed by atoms with van der Waals surface area (Å²) in [6, 6.07) is 7.82. The largest absolute Gasteiger partial charge is 0.388 e. The molecule has 2 aromatic rings. The lowest BCUT2D eigenvalue weighted by molar-refractivity contribution is 0.175. The zero-order valence-electron chi connectivity index (χ0n) is 12.2. The third-order valence-corrected chi connectivity index (χ3v) is 3.82. The number of rotatable bonds is 5. The molecule has 1 aromatic carbocycles. The number of aliphatic hydroxyl groups is 1. The Hall–Kier alpha value is -1.32. The molecular formula is C16H21ClN2O. The van der Waals surface area contributed by atoms with Gasteiger partial charge in [-0.1, -0.05) is 30.7 Å². The topological polar surface area (TPSA) is 38.0 Å². The molecule has 1 unspecified atom stereocenters. The maximum atomic E-state index is 10.4. The second kappa shape index (κ2) is 6.42. The predicted molar refractivity (Wildman–Crippen MR) is 82.1 cm³/mol. The third-order valence-electron chi connectivity index (χ3n) is 3.49. The van der Waals surface area contributed by atoms with Crippen molar-refractivity contribution in [3.63, 3.8) is 0 Å². The number of aromatic nitrogens is 2. The van der Waals surface area contributed by atoms with Crippen LogP contribution in [0.4, 0.5) is 0 Å². The molecule has 1 atom stereocenters. The number of hydrogen-bond donors (Lipinski definition) is 1. The fourth-order valence-corrected chi connectivity index (χ4v) is 2.70. The summed E-state index contributed by atoms with van der Waals surface area (Å²) in [7, 11) is 0. The molecule has 0 saturated heterocycles. The van der Waals surface area contributed by atoms with E-state index in [2.05, 4.69) is 25.0 Å². The first-order valence-corrected chi connectivity index (χ1v) is 7.42. The Balaban J connectivity index is 2.22. The van der Waals surface area contributed by atoms with Crippen LogP contribution >= 0.6 is 11.6 Å². The van der Waals surface area contributed by atoms with Crippen LogP contribution in [0.3, 0.4) is 0 Å². The highest BCUT2D eigenvalue weighted by molar-refractivity contribution is 6.31. The number of hydrogen-bond acceptors (Lipinski definition) is 2. The summed E-state index contributed by atoms with van der Waals surface area (Å²) in [6.45, 7) is 6.94. The van der Waals surface area contributed by atoms with E-state index in [1.54, 1.807) is 0 Å². The molecule has 0 saturated carbocycles. The molecule has 0 aliphatic rings. The highest BCUT2D eigenvalue weighted by Crippen LogP contribution is 2.27. The van der Waals surface area contributed by atoms with Crippen molar-refractivity contribution in [2.75, 3.05) is 0 Å². The molecule has 0 aliphatic heterocycles.